The van der Waals surface area contributed by atoms with Crippen molar-refractivity contribution in [3.63, 3.8) is 0 Å². The van der Waals surface area contributed by atoms with E-state index in [2.05, 4.69) is 20.7 Å². The monoisotopic (exact) mass is 383 g/mol. The number of hydrogen-bond acceptors (Lipinski definition) is 5. The van der Waals surface area contributed by atoms with E-state index in [0.717, 1.165) is 11.1 Å². The average molecular weight is 383 g/mol. The summed E-state index contributed by atoms with van der Waals surface area (Å²) in [6, 6.07) is 7.43. The Morgan fingerprint density at radius 3 is 2.64 bits per heavy atom. The zero-order valence-corrected chi connectivity index (χ0v) is 16.4. The molecule has 1 aromatic heterocycles. The SMILES string of the molecule is CC(C)(C)OC(=O)N1CCC(=CC(=O)Nc2cccc(-c3cn[nH]n3)c2)CC1. The van der Waals surface area contributed by atoms with Gasteiger partial charge in [0, 0.05) is 30.4 Å². The fourth-order valence-electron chi connectivity index (χ4n) is 2.91. The van der Waals surface area contributed by atoms with E-state index in [1.54, 1.807) is 17.2 Å². The van der Waals surface area contributed by atoms with Crippen LogP contribution >= 0.6 is 0 Å². The van der Waals surface area contributed by atoms with Gasteiger partial charge in [0.05, 0.1) is 6.20 Å². The van der Waals surface area contributed by atoms with Gasteiger partial charge in [0.2, 0.25) is 5.91 Å². The molecule has 2 amide bonds. The molecular formula is C20H25N5O3. The fraction of sp³-hybridized carbons (Fsp3) is 0.400. The normalized spacial score (nSPS) is 14.5. The lowest BCUT2D eigenvalue weighted by Crippen LogP contribution is -2.40. The van der Waals surface area contributed by atoms with Gasteiger partial charge in [0.1, 0.15) is 11.3 Å². The third-order valence-electron chi connectivity index (χ3n) is 4.23. The molecule has 0 spiro atoms. The molecule has 1 aliphatic rings. The number of aromatic nitrogens is 3. The van der Waals surface area contributed by atoms with Gasteiger partial charge < -0.3 is 15.0 Å². The molecule has 2 aromatic rings. The number of likely N-dealkylation sites (tertiary alicyclic amines) is 1. The van der Waals surface area contributed by atoms with E-state index in [1.807, 2.05) is 45.0 Å². The molecule has 0 bridgehead atoms. The predicted molar refractivity (Wildman–Crippen MR) is 106 cm³/mol. The second-order valence-electron chi connectivity index (χ2n) is 7.70. The van der Waals surface area contributed by atoms with Crippen molar-refractivity contribution in [2.45, 2.75) is 39.2 Å². The Bertz CT molecular complexity index is 858. The van der Waals surface area contributed by atoms with E-state index in [1.165, 1.54) is 0 Å². The first-order chi connectivity index (χ1) is 13.3. The first kappa shape index (κ1) is 19.6. The summed E-state index contributed by atoms with van der Waals surface area (Å²) in [6.07, 6.45) is 4.26. The highest BCUT2D eigenvalue weighted by atomic mass is 16.6. The van der Waals surface area contributed by atoms with Crippen molar-refractivity contribution >= 4 is 17.7 Å². The lowest BCUT2D eigenvalue weighted by molar-refractivity contribution is -0.112. The lowest BCUT2D eigenvalue weighted by atomic mass is 10.0. The number of piperidine rings is 1. The molecule has 2 heterocycles. The van der Waals surface area contributed by atoms with Crippen molar-refractivity contribution in [1.82, 2.24) is 20.3 Å². The van der Waals surface area contributed by atoms with Crippen molar-refractivity contribution in [2.24, 2.45) is 0 Å². The summed E-state index contributed by atoms with van der Waals surface area (Å²) < 4.78 is 5.39. The summed E-state index contributed by atoms with van der Waals surface area (Å²) in [5.74, 6) is -0.182. The van der Waals surface area contributed by atoms with Crippen molar-refractivity contribution in [3.05, 3.63) is 42.1 Å². The van der Waals surface area contributed by atoms with Crippen LogP contribution in [-0.2, 0) is 9.53 Å². The van der Waals surface area contributed by atoms with E-state index < -0.39 is 5.60 Å². The van der Waals surface area contributed by atoms with Crippen LogP contribution in [0, 0.1) is 0 Å². The van der Waals surface area contributed by atoms with Gasteiger partial charge in [-0.15, -0.1) is 0 Å². The number of hydrogen-bond donors (Lipinski definition) is 2. The van der Waals surface area contributed by atoms with Crippen LogP contribution in [0.5, 0.6) is 0 Å². The summed E-state index contributed by atoms with van der Waals surface area (Å²) in [7, 11) is 0. The minimum absolute atomic E-state index is 0.182. The van der Waals surface area contributed by atoms with Crippen molar-refractivity contribution in [2.75, 3.05) is 18.4 Å². The van der Waals surface area contributed by atoms with Crippen LogP contribution in [-0.4, -0.2) is 51.0 Å². The molecule has 8 heteroatoms. The highest BCUT2D eigenvalue weighted by Crippen LogP contribution is 2.21. The summed E-state index contributed by atoms with van der Waals surface area (Å²) in [5.41, 5.74) is 2.78. The lowest BCUT2D eigenvalue weighted by Gasteiger charge is -2.30. The zero-order chi connectivity index (χ0) is 20.1. The Morgan fingerprint density at radius 1 is 1.25 bits per heavy atom. The van der Waals surface area contributed by atoms with Crippen LogP contribution < -0.4 is 5.32 Å². The van der Waals surface area contributed by atoms with Crippen LogP contribution in [0.2, 0.25) is 0 Å². The Balaban J connectivity index is 1.55. The maximum Gasteiger partial charge on any atom is 0.410 e. The number of benzene rings is 1. The minimum Gasteiger partial charge on any atom is -0.444 e. The molecule has 1 saturated heterocycles. The van der Waals surface area contributed by atoms with E-state index in [4.69, 9.17) is 4.74 Å². The molecule has 1 aliphatic heterocycles. The van der Waals surface area contributed by atoms with Crippen molar-refractivity contribution < 1.29 is 14.3 Å². The summed E-state index contributed by atoms with van der Waals surface area (Å²) in [5, 5.41) is 13.3. The summed E-state index contributed by atoms with van der Waals surface area (Å²) in [6.45, 7) is 6.65. The Hall–Kier alpha value is -3.16. The van der Waals surface area contributed by atoms with Crippen LogP contribution in [0.1, 0.15) is 33.6 Å². The second-order valence-corrected chi connectivity index (χ2v) is 7.70. The van der Waals surface area contributed by atoms with Crippen LogP contribution in [0.15, 0.2) is 42.1 Å². The molecule has 0 unspecified atom stereocenters. The Morgan fingerprint density at radius 2 is 2.00 bits per heavy atom. The molecule has 1 aromatic carbocycles. The first-order valence-electron chi connectivity index (χ1n) is 9.25. The maximum absolute atomic E-state index is 12.4. The zero-order valence-electron chi connectivity index (χ0n) is 16.4. The third kappa shape index (κ3) is 5.42. The molecule has 0 radical (unpaired) electrons. The molecule has 2 N–H and O–H groups in total. The molecule has 8 nitrogen and oxygen atoms in total. The topological polar surface area (TPSA) is 100 Å². The van der Waals surface area contributed by atoms with Crippen LogP contribution in [0.25, 0.3) is 11.3 Å². The number of rotatable bonds is 3. The number of H-pyrrole nitrogens is 1. The van der Waals surface area contributed by atoms with Gasteiger partial charge >= 0.3 is 6.09 Å². The number of nitrogens with one attached hydrogen (secondary N) is 2. The van der Waals surface area contributed by atoms with Gasteiger partial charge in [-0.25, -0.2) is 4.79 Å². The van der Waals surface area contributed by atoms with Crippen LogP contribution in [0.3, 0.4) is 0 Å². The molecule has 0 aliphatic carbocycles. The highest BCUT2D eigenvalue weighted by molar-refractivity contribution is 6.00. The smallest absolute Gasteiger partial charge is 0.410 e. The molecule has 3 rings (SSSR count). The standard InChI is InChI=1S/C20H25N5O3/c1-20(2,3)28-19(27)25-9-7-14(8-10-25)11-18(26)22-16-6-4-5-15(12-16)17-13-21-24-23-17/h4-6,11-13H,7-10H2,1-3H3,(H,22,26)(H,21,23,24). The molecule has 0 atom stereocenters. The minimum atomic E-state index is -0.506. The average Bonchev–Trinajstić information content (AvgIpc) is 3.15. The number of ether oxygens (including phenoxy) is 1. The highest BCUT2D eigenvalue weighted by Gasteiger charge is 2.24. The molecule has 0 saturated carbocycles. The number of carbonyl (C=O) groups excluding carboxylic acids is 2. The van der Waals surface area contributed by atoms with Gasteiger partial charge in [-0.05, 0) is 45.7 Å². The molecular weight excluding hydrogens is 358 g/mol. The fourth-order valence-corrected chi connectivity index (χ4v) is 2.91. The van der Waals surface area contributed by atoms with Gasteiger partial charge in [0.15, 0.2) is 0 Å². The molecule has 28 heavy (non-hydrogen) atoms. The van der Waals surface area contributed by atoms with Gasteiger partial charge in [-0.2, -0.15) is 15.4 Å². The number of amides is 2. The number of nitrogens with zero attached hydrogens (tertiary/aromatic N) is 3. The van der Waals surface area contributed by atoms with Gasteiger partial charge in [0.25, 0.3) is 0 Å². The van der Waals surface area contributed by atoms with Crippen molar-refractivity contribution in [3.8, 4) is 11.3 Å². The molecule has 1 fully saturated rings. The number of anilines is 1. The van der Waals surface area contributed by atoms with Crippen molar-refractivity contribution in [1.29, 1.82) is 0 Å². The maximum atomic E-state index is 12.4. The largest absolute Gasteiger partial charge is 0.444 e. The van der Waals surface area contributed by atoms with Gasteiger partial charge in [-0.1, -0.05) is 17.7 Å². The number of carbonyl (C=O) groups is 2. The quantitative estimate of drug-likeness (QED) is 0.792. The molecule has 148 valence electrons. The summed E-state index contributed by atoms with van der Waals surface area (Å²) in [4.78, 5) is 26.1. The third-order valence-corrected chi connectivity index (χ3v) is 4.23. The predicted octanol–water partition coefficient (Wildman–Crippen LogP) is 3.37. The summed E-state index contributed by atoms with van der Waals surface area (Å²) >= 11 is 0. The first-order valence-corrected chi connectivity index (χ1v) is 9.25. The Labute approximate surface area is 164 Å². The van der Waals surface area contributed by atoms with Crippen LogP contribution in [0.4, 0.5) is 10.5 Å². The number of aromatic amines is 1. The van der Waals surface area contributed by atoms with Gasteiger partial charge in [-0.3, -0.25) is 4.79 Å². The van der Waals surface area contributed by atoms with E-state index in [9.17, 15) is 9.59 Å². The van der Waals surface area contributed by atoms with E-state index in [-0.39, 0.29) is 12.0 Å². The van der Waals surface area contributed by atoms with E-state index in [0.29, 0.717) is 37.3 Å². The Kier molecular flexibility index (Phi) is 5.77. The van der Waals surface area contributed by atoms with E-state index >= 15 is 0 Å². The second kappa shape index (κ2) is 8.24.